The van der Waals surface area contributed by atoms with E-state index in [0.717, 1.165) is 70.6 Å². The van der Waals surface area contributed by atoms with Crippen molar-refractivity contribution in [3.8, 4) is 0 Å². The van der Waals surface area contributed by atoms with Crippen LogP contribution in [0.5, 0.6) is 0 Å². The van der Waals surface area contributed by atoms with Gasteiger partial charge < -0.3 is 25.2 Å². The van der Waals surface area contributed by atoms with Crippen molar-refractivity contribution < 1.29 is 47.5 Å². The maximum atomic E-state index is 12.6. The molecule has 11 nitrogen and oxygen atoms in total. The van der Waals surface area contributed by atoms with Crippen LogP contribution in [0.2, 0.25) is 0 Å². The summed E-state index contributed by atoms with van der Waals surface area (Å²) in [6.07, 6.45) is 42.6. The predicted octanol–water partition coefficient (Wildman–Crippen LogP) is 10.2. The van der Waals surface area contributed by atoms with E-state index >= 15 is 0 Å². The minimum Gasteiger partial charge on any atom is -0.480 e. The summed E-state index contributed by atoms with van der Waals surface area (Å²) in [5, 5.41) is 8.87. The first-order chi connectivity index (χ1) is 26.1. The highest BCUT2D eigenvalue weighted by Crippen LogP contribution is 2.43. The number of nitrogens with two attached hydrogens (primary N) is 1. The zero-order valence-electron chi connectivity index (χ0n) is 33.0. The molecule has 0 aliphatic carbocycles. The number of carbonyl (C=O) groups is 3. The molecule has 0 aromatic rings. The first-order valence-corrected chi connectivity index (χ1v) is 21.5. The molecule has 0 bridgehead atoms. The van der Waals surface area contributed by atoms with Crippen molar-refractivity contribution in [2.75, 3.05) is 19.8 Å². The predicted molar refractivity (Wildman–Crippen MR) is 217 cm³/mol. The van der Waals surface area contributed by atoms with Gasteiger partial charge in [0.25, 0.3) is 0 Å². The number of unbranched alkanes of at least 4 members (excludes halogenated alkanes) is 10. The van der Waals surface area contributed by atoms with Gasteiger partial charge in [0.05, 0.1) is 13.2 Å². The lowest BCUT2D eigenvalue weighted by atomic mass is 10.1. The number of ether oxygens (including phenoxy) is 2. The van der Waals surface area contributed by atoms with Gasteiger partial charge in [-0.3, -0.25) is 23.4 Å². The number of hydrogen-bond donors (Lipinski definition) is 3. The van der Waals surface area contributed by atoms with Crippen LogP contribution < -0.4 is 5.73 Å². The van der Waals surface area contributed by atoms with Crippen LogP contribution in [-0.2, 0) is 37.5 Å². The van der Waals surface area contributed by atoms with E-state index in [-0.39, 0.29) is 19.4 Å². The highest BCUT2D eigenvalue weighted by molar-refractivity contribution is 7.47. The Bertz CT molecular complexity index is 1190. The van der Waals surface area contributed by atoms with E-state index in [9.17, 15) is 23.8 Å². The summed E-state index contributed by atoms with van der Waals surface area (Å²) in [4.78, 5) is 45.8. The van der Waals surface area contributed by atoms with Crippen molar-refractivity contribution in [2.24, 2.45) is 5.73 Å². The fraction of sp³-hybridized carbons (Fsp3) is 0.643. The van der Waals surface area contributed by atoms with Crippen LogP contribution >= 0.6 is 7.82 Å². The van der Waals surface area contributed by atoms with E-state index in [1.807, 2.05) is 12.2 Å². The van der Waals surface area contributed by atoms with E-state index < -0.39 is 51.1 Å². The Labute approximate surface area is 325 Å². The maximum absolute atomic E-state index is 12.6. The molecule has 54 heavy (non-hydrogen) atoms. The number of hydrogen-bond acceptors (Lipinski definition) is 9. The summed E-state index contributed by atoms with van der Waals surface area (Å²) >= 11 is 0. The molecule has 0 aliphatic rings. The van der Waals surface area contributed by atoms with Gasteiger partial charge in [-0.15, -0.1) is 0 Å². The van der Waals surface area contributed by atoms with Crippen LogP contribution in [0.3, 0.4) is 0 Å². The molecule has 0 saturated heterocycles. The molecule has 0 heterocycles. The number of aliphatic carboxylic acids is 1. The number of carbonyl (C=O) groups excluding carboxylic acids is 2. The molecule has 0 spiro atoms. The molecule has 4 N–H and O–H groups in total. The Morgan fingerprint density at radius 3 is 1.63 bits per heavy atom. The smallest absolute Gasteiger partial charge is 0.472 e. The number of rotatable bonds is 36. The minimum absolute atomic E-state index is 0.0776. The molecular formula is C42H70NO10P. The lowest BCUT2D eigenvalue weighted by Crippen LogP contribution is -2.34. The molecule has 0 saturated carbocycles. The summed E-state index contributed by atoms with van der Waals surface area (Å²) in [7, 11) is -4.73. The summed E-state index contributed by atoms with van der Waals surface area (Å²) in [6, 6.07) is -1.53. The van der Waals surface area contributed by atoms with Gasteiger partial charge in [0.1, 0.15) is 12.6 Å². The Balaban J connectivity index is 4.55. The third kappa shape index (κ3) is 35.9. The normalized spacial score (nSPS) is 14.6. The van der Waals surface area contributed by atoms with Crippen molar-refractivity contribution in [1.29, 1.82) is 0 Å². The summed E-state index contributed by atoms with van der Waals surface area (Å²) < 4.78 is 32.5. The average molecular weight is 780 g/mol. The second-order valence-electron chi connectivity index (χ2n) is 13.0. The van der Waals surface area contributed by atoms with E-state index in [1.54, 1.807) is 0 Å². The standard InChI is InChI=1S/C42H70NO10P/c1-3-5-7-9-11-13-15-17-18-19-20-22-24-26-28-30-32-34-41(45)53-38(36-51-54(48,49)52-37-39(43)42(46)47)35-50-40(44)33-31-29-27-25-23-21-16-14-12-10-8-6-4-2/h5,7,11,13-14,16-18,20,22,26,28,38-39H,3-4,6,8-10,12,15,19,21,23-25,27,29-37,43H2,1-2H3,(H,46,47)(H,48,49)/b7-5+,13-11+,16-14+,18-17+,22-20+,28-26+/t38-,39+/m1/s1. The maximum Gasteiger partial charge on any atom is 0.472 e. The molecule has 308 valence electrons. The minimum atomic E-state index is -4.73. The molecule has 12 heteroatoms. The molecule has 0 aromatic carbocycles. The number of carboxylic acid groups (broad SMARTS) is 1. The van der Waals surface area contributed by atoms with Crippen LogP contribution in [-0.4, -0.2) is 59.9 Å². The number of esters is 2. The molecular weight excluding hydrogens is 709 g/mol. The Morgan fingerprint density at radius 2 is 1.06 bits per heavy atom. The Morgan fingerprint density at radius 1 is 0.593 bits per heavy atom. The first-order valence-electron chi connectivity index (χ1n) is 20.0. The molecule has 0 radical (unpaired) electrons. The highest BCUT2D eigenvalue weighted by Gasteiger charge is 2.28. The van der Waals surface area contributed by atoms with Gasteiger partial charge in [0.15, 0.2) is 6.10 Å². The van der Waals surface area contributed by atoms with Gasteiger partial charge in [-0.2, -0.15) is 0 Å². The largest absolute Gasteiger partial charge is 0.480 e. The first kappa shape index (κ1) is 50.9. The van der Waals surface area contributed by atoms with Gasteiger partial charge in [-0.05, 0) is 77.0 Å². The molecule has 1 unspecified atom stereocenters. The lowest BCUT2D eigenvalue weighted by Gasteiger charge is -2.20. The second kappa shape index (κ2) is 36.9. The van der Waals surface area contributed by atoms with Gasteiger partial charge >= 0.3 is 25.7 Å². The van der Waals surface area contributed by atoms with Crippen molar-refractivity contribution >= 4 is 25.7 Å². The molecule has 0 aromatic heterocycles. The zero-order valence-corrected chi connectivity index (χ0v) is 33.9. The van der Waals surface area contributed by atoms with Gasteiger partial charge in [0.2, 0.25) is 0 Å². The van der Waals surface area contributed by atoms with Gasteiger partial charge in [0, 0.05) is 12.8 Å². The fourth-order valence-electron chi connectivity index (χ4n) is 4.80. The number of phosphoric acid groups is 1. The number of phosphoric ester groups is 1. The monoisotopic (exact) mass is 779 g/mol. The van der Waals surface area contributed by atoms with E-state index in [1.165, 1.54) is 25.7 Å². The van der Waals surface area contributed by atoms with Gasteiger partial charge in [-0.25, -0.2) is 4.57 Å². The molecule has 0 rings (SSSR count). The summed E-state index contributed by atoms with van der Waals surface area (Å²) in [6.45, 7) is 2.58. The summed E-state index contributed by atoms with van der Waals surface area (Å²) in [5.74, 6) is -2.48. The van der Waals surface area contributed by atoms with Crippen molar-refractivity contribution in [3.63, 3.8) is 0 Å². The van der Waals surface area contributed by atoms with Crippen LogP contribution in [0.1, 0.15) is 142 Å². The summed E-state index contributed by atoms with van der Waals surface area (Å²) in [5.41, 5.74) is 5.32. The average Bonchev–Trinajstić information content (AvgIpc) is 3.14. The zero-order chi connectivity index (χ0) is 40.0. The van der Waals surface area contributed by atoms with E-state index in [0.29, 0.717) is 19.3 Å². The quantitative estimate of drug-likeness (QED) is 0.0239. The van der Waals surface area contributed by atoms with Gasteiger partial charge in [-0.1, -0.05) is 125 Å². The third-order valence-electron chi connectivity index (χ3n) is 7.94. The van der Waals surface area contributed by atoms with E-state index in [2.05, 4.69) is 79.1 Å². The van der Waals surface area contributed by atoms with E-state index in [4.69, 9.17) is 24.8 Å². The van der Waals surface area contributed by atoms with Crippen molar-refractivity contribution in [3.05, 3.63) is 72.9 Å². The number of allylic oxidation sites excluding steroid dienone is 12. The Hall–Kier alpha value is -3.08. The van der Waals surface area contributed by atoms with Crippen molar-refractivity contribution in [2.45, 2.75) is 154 Å². The molecule has 0 aliphatic heterocycles. The third-order valence-corrected chi connectivity index (χ3v) is 8.89. The SMILES string of the molecule is CC/C=C/C/C=C/C/C=C/C/C=C/C/C=C/CCCC(=O)O[C@H](COC(=O)CCCCCCC/C=C/CCCCCC)COP(=O)(O)OC[C@H](N)C(=O)O. The molecule has 0 amide bonds. The topological polar surface area (TPSA) is 172 Å². The molecule has 0 fully saturated rings. The van der Waals surface area contributed by atoms with Crippen LogP contribution in [0.4, 0.5) is 0 Å². The lowest BCUT2D eigenvalue weighted by molar-refractivity contribution is -0.161. The highest BCUT2D eigenvalue weighted by atomic mass is 31.2. The fourth-order valence-corrected chi connectivity index (χ4v) is 5.58. The van der Waals surface area contributed by atoms with Crippen LogP contribution in [0, 0.1) is 0 Å². The van der Waals surface area contributed by atoms with Crippen molar-refractivity contribution in [1.82, 2.24) is 0 Å². The Kier molecular flexibility index (Phi) is 34.8. The second-order valence-corrected chi connectivity index (χ2v) is 14.5. The molecule has 3 atom stereocenters. The van der Waals surface area contributed by atoms with Crippen LogP contribution in [0.25, 0.3) is 0 Å². The van der Waals surface area contributed by atoms with Crippen LogP contribution in [0.15, 0.2) is 72.9 Å². The number of carboxylic acids is 1.